The van der Waals surface area contributed by atoms with Gasteiger partial charge in [-0.1, -0.05) is 12.1 Å². The number of benzene rings is 1. The maximum Gasteiger partial charge on any atom is 0.344 e. The highest BCUT2D eigenvalue weighted by Crippen LogP contribution is 2.20. The number of nitrogens with zero attached hydrogens (tertiary/aromatic N) is 2. The summed E-state index contributed by atoms with van der Waals surface area (Å²) in [5.41, 5.74) is 7.11. The highest BCUT2D eigenvalue weighted by Gasteiger charge is 2.22. The highest BCUT2D eigenvalue weighted by atomic mass is 16.6. The Morgan fingerprint density at radius 2 is 1.83 bits per heavy atom. The van der Waals surface area contributed by atoms with Crippen molar-refractivity contribution in [2.75, 3.05) is 12.8 Å². The van der Waals surface area contributed by atoms with Crippen molar-refractivity contribution in [3.63, 3.8) is 0 Å². The fraction of sp³-hybridized carbons (Fsp3) is 0.353. The maximum atomic E-state index is 12.1. The van der Waals surface area contributed by atoms with Gasteiger partial charge in [0.15, 0.2) is 0 Å². The first kappa shape index (κ1) is 17.5. The van der Waals surface area contributed by atoms with Crippen molar-refractivity contribution in [1.82, 2.24) is 9.78 Å². The van der Waals surface area contributed by atoms with Crippen molar-refractivity contribution in [3.05, 3.63) is 41.6 Å². The molecule has 0 aliphatic rings. The molecule has 0 unspecified atom stereocenters. The van der Waals surface area contributed by atoms with Gasteiger partial charge in [0.1, 0.15) is 17.0 Å². The zero-order valence-corrected chi connectivity index (χ0v) is 14.2. The summed E-state index contributed by atoms with van der Waals surface area (Å²) in [6.07, 6.45) is 1.57. The molecule has 2 aromatic rings. The van der Waals surface area contributed by atoms with Crippen LogP contribution in [0.25, 0.3) is 5.69 Å². The number of hydrogen-bond donors (Lipinski definition) is 1. The Balaban J connectivity index is 2.21. The van der Waals surface area contributed by atoms with Gasteiger partial charge in [0.2, 0.25) is 0 Å². The first-order chi connectivity index (χ1) is 11.2. The van der Waals surface area contributed by atoms with Crippen molar-refractivity contribution in [3.8, 4) is 5.69 Å². The van der Waals surface area contributed by atoms with Gasteiger partial charge in [-0.2, -0.15) is 5.10 Å². The van der Waals surface area contributed by atoms with Crippen molar-refractivity contribution in [1.29, 1.82) is 0 Å². The van der Waals surface area contributed by atoms with Gasteiger partial charge in [-0.15, -0.1) is 0 Å². The lowest BCUT2D eigenvalue weighted by atomic mass is 10.1. The quantitative estimate of drug-likeness (QED) is 0.862. The van der Waals surface area contributed by atoms with E-state index in [9.17, 15) is 9.59 Å². The number of nitrogen functional groups attached to an aromatic ring is 1. The van der Waals surface area contributed by atoms with Crippen molar-refractivity contribution in [2.45, 2.75) is 32.8 Å². The molecule has 0 radical (unpaired) electrons. The first-order valence-corrected chi connectivity index (χ1v) is 7.44. The molecule has 0 aliphatic carbocycles. The zero-order chi connectivity index (χ0) is 17.9. The second-order valence-electron chi connectivity index (χ2n) is 6.28. The molecule has 128 valence electrons. The van der Waals surface area contributed by atoms with Gasteiger partial charge in [-0.25, -0.2) is 9.48 Å². The van der Waals surface area contributed by atoms with Crippen LogP contribution in [-0.2, 0) is 20.7 Å². The zero-order valence-electron chi connectivity index (χ0n) is 14.2. The van der Waals surface area contributed by atoms with Gasteiger partial charge < -0.3 is 15.2 Å². The summed E-state index contributed by atoms with van der Waals surface area (Å²) in [6.45, 7) is 5.35. The molecule has 1 aromatic carbocycles. The average molecular weight is 331 g/mol. The molecule has 24 heavy (non-hydrogen) atoms. The third kappa shape index (κ3) is 4.13. The molecule has 2 rings (SSSR count). The molecule has 0 amide bonds. The fourth-order valence-electron chi connectivity index (χ4n) is 2.05. The van der Waals surface area contributed by atoms with E-state index in [0.29, 0.717) is 5.69 Å². The molecule has 0 spiro atoms. The number of carbonyl (C=O) groups is 2. The van der Waals surface area contributed by atoms with Crippen LogP contribution in [0.1, 0.15) is 36.7 Å². The molecule has 2 N–H and O–H groups in total. The summed E-state index contributed by atoms with van der Waals surface area (Å²) in [6, 6.07) is 7.09. The van der Waals surface area contributed by atoms with Gasteiger partial charge in [-0.05, 0) is 38.5 Å². The summed E-state index contributed by atoms with van der Waals surface area (Å²) in [4.78, 5) is 23.4. The standard InChI is InChI=1S/C17H21N3O4/c1-17(2,3)24-16(22)13-10-19-20(15(13)18)12-7-5-11(6-8-12)9-14(21)23-4/h5-8,10H,9,18H2,1-4H3. The van der Waals surface area contributed by atoms with Crippen LogP contribution >= 0.6 is 0 Å². The summed E-state index contributed by atoms with van der Waals surface area (Å²) in [7, 11) is 1.35. The van der Waals surface area contributed by atoms with Crippen LogP contribution in [-0.4, -0.2) is 34.4 Å². The van der Waals surface area contributed by atoms with Crippen LogP contribution < -0.4 is 5.73 Å². The second kappa shape index (κ2) is 6.74. The Hall–Kier alpha value is -2.83. The molecular formula is C17H21N3O4. The van der Waals surface area contributed by atoms with E-state index in [1.165, 1.54) is 18.0 Å². The monoisotopic (exact) mass is 331 g/mol. The maximum absolute atomic E-state index is 12.1. The SMILES string of the molecule is COC(=O)Cc1ccc(-n2ncc(C(=O)OC(C)(C)C)c2N)cc1. The van der Waals surface area contributed by atoms with Gasteiger partial charge in [0, 0.05) is 0 Å². The van der Waals surface area contributed by atoms with E-state index >= 15 is 0 Å². The van der Waals surface area contributed by atoms with Crippen LogP contribution in [0.2, 0.25) is 0 Å². The molecule has 1 aromatic heterocycles. The topological polar surface area (TPSA) is 96.4 Å². The fourth-order valence-corrected chi connectivity index (χ4v) is 2.05. The van der Waals surface area contributed by atoms with Crippen LogP contribution in [0.15, 0.2) is 30.5 Å². The van der Waals surface area contributed by atoms with Crippen LogP contribution in [0, 0.1) is 0 Å². The lowest BCUT2D eigenvalue weighted by Crippen LogP contribution is -2.24. The Kier molecular flexibility index (Phi) is 4.92. The van der Waals surface area contributed by atoms with Crippen molar-refractivity contribution in [2.24, 2.45) is 0 Å². The smallest absolute Gasteiger partial charge is 0.344 e. The minimum Gasteiger partial charge on any atom is -0.469 e. The second-order valence-corrected chi connectivity index (χ2v) is 6.28. The summed E-state index contributed by atoms with van der Waals surface area (Å²) in [5, 5.41) is 4.14. The number of ether oxygens (including phenoxy) is 2. The Labute approximate surface area is 140 Å². The molecule has 0 bridgehead atoms. The van der Waals surface area contributed by atoms with Crippen LogP contribution in [0.3, 0.4) is 0 Å². The molecular weight excluding hydrogens is 310 g/mol. The van der Waals surface area contributed by atoms with Gasteiger partial charge in [0.25, 0.3) is 0 Å². The third-order valence-electron chi connectivity index (χ3n) is 3.18. The Bertz CT molecular complexity index is 742. The van der Waals surface area contributed by atoms with E-state index in [-0.39, 0.29) is 23.8 Å². The van der Waals surface area contributed by atoms with Gasteiger partial charge >= 0.3 is 11.9 Å². The molecule has 0 fully saturated rings. The van der Waals surface area contributed by atoms with E-state index in [0.717, 1.165) is 5.56 Å². The lowest BCUT2D eigenvalue weighted by molar-refractivity contribution is -0.139. The molecule has 0 saturated carbocycles. The number of anilines is 1. The average Bonchev–Trinajstić information content (AvgIpc) is 2.88. The van der Waals surface area contributed by atoms with Crippen LogP contribution in [0.5, 0.6) is 0 Å². The lowest BCUT2D eigenvalue weighted by Gasteiger charge is -2.19. The van der Waals surface area contributed by atoms with E-state index in [4.69, 9.17) is 10.5 Å². The molecule has 7 heteroatoms. The van der Waals surface area contributed by atoms with E-state index < -0.39 is 11.6 Å². The molecule has 1 heterocycles. The largest absolute Gasteiger partial charge is 0.469 e. The van der Waals surface area contributed by atoms with E-state index in [1.807, 2.05) is 0 Å². The normalized spacial score (nSPS) is 11.2. The van der Waals surface area contributed by atoms with E-state index in [2.05, 4.69) is 9.84 Å². The summed E-state index contributed by atoms with van der Waals surface area (Å²) < 4.78 is 11.4. The van der Waals surface area contributed by atoms with Crippen molar-refractivity contribution >= 4 is 17.8 Å². The summed E-state index contributed by atoms with van der Waals surface area (Å²) >= 11 is 0. The number of esters is 2. The molecule has 0 atom stereocenters. The predicted octanol–water partition coefficient (Wildman–Crippen LogP) is 2.13. The van der Waals surface area contributed by atoms with Crippen molar-refractivity contribution < 1.29 is 19.1 Å². The van der Waals surface area contributed by atoms with E-state index in [1.54, 1.807) is 45.0 Å². The molecule has 7 nitrogen and oxygen atoms in total. The highest BCUT2D eigenvalue weighted by molar-refractivity contribution is 5.94. The molecule has 0 saturated heterocycles. The molecule has 0 aliphatic heterocycles. The van der Waals surface area contributed by atoms with Gasteiger partial charge in [-0.3, -0.25) is 4.79 Å². The minimum atomic E-state index is -0.610. The number of aromatic nitrogens is 2. The number of hydrogen-bond acceptors (Lipinski definition) is 6. The predicted molar refractivity (Wildman–Crippen MR) is 88.9 cm³/mol. The number of carbonyl (C=O) groups excluding carboxylic acids is 2. The number of rotatable bonds is 4. The van der Waals surface area contributed by atoms with Gasteiger partial charge in [0.05, 0.1) is 25.4 Å². The Morgan fingerprint density at radius 1 is 1.21 bits per heavy atom. The number of methoxy groups -OCH3 is 1. The summed E-state index contributed by atoms with van der Waals surface area (Å²) in [5.74, 6) is -0.632. The first-order valence-electron chi connectivity index (χ1n) is 7.44. The Morgan fingerprint density at radius 3 is 2.38 bits per heavy atom. The minimum absolute atomic E-state index is 0.189. The number of nitrogens with two attached hydrogens (primary N) is 1. The third-order valence-corrected chi connectivity index (χ3v) is 3.18. The van der Waals surface area contributed by atoms with Crippen LogP contribution in [0.4, 0.5) is 5.82 Å².